The first-order valence-electron chi connectivity index (χ1n) is 5.73. The predicted octanol–water partition coefficient (Wildman–Crippen LogP) is 4.26. The summed E-state index contributed by atoms with van der Waals surface area (Å²) < 4.78 is 0. The summed E-state index contributed by atoms with van der Waals surface area (Å²) in [4.78, 5) is 8.94. The van der Waals surface area contributed by atoms with Crippen LogP contribution in [-0.2, 0) is 0 Å². The van der Waals surface area contributed by atoms with Crippen LogP contribution in [-0.4, -0.2) is 9.97 Å². The van der Waals surface area contributed by atoms with Crippen LogP contribution in [0.25, 0.3) is 22.2 Å². The fraction of sp³-hybridized carbons (Fsp3) is 0.0667. The Morgan fingerprint density at radius 3 is 2.56 bits per heavy atom. The van der Waals surface area contributed by atoms with Crippen molar-refractivity contribution in [1.82, 2.24) is 9.97 Å². The van der Waals surface area contributed by atoms with E-state index in [4.69, 9.17) is 11.6 Å². The molecule has 0 fully saturated rings. The lowest BCUT2D eigenvalue weighted by Gasteiger charge is -2.10. The number of para-hydroxylation sites is 1. The van der Waals surface area contributed by atoms with Crippen molar-refractivity contribution in [3.05, 3.63) is 59.4 Å². The molecule has 2 aromatic heterocycles. The Hall–Kier alpha value is -1.93. The average molecular weight is 255 g/mol. The summed E-state index contributed by atoms with van der Waals surface area (Å²) in [5, 5.41) is 1.68. The molecule has 0 N–H and O–H groups in total. The smallest absolute Gasteiger partial charge is 0.0735 e. The van der Waals surface area contributed by atoms with Gasteiger partial charge in [0.1, 0.15) is 0 Å². The van der Waals surface area contributed by atoms with Gasteiger partial charge in [-0.05, 0) is 25.1 Å². The molecule has 0 atom stereocenters. The Morgan fingerprint density at radius 1 is 1.00 bits per heavy atom. The maximum Gasteiger partial charge on any atom is 0.0735 e. The molecule has 3 aromatic rings. The van der Waals surface area contributed by atoms with Crippen molar-refractivity contribution in [2.45, 2.75) is 6.92 Å². The SMILES string of the molecule is Cc1nc2ccccc2c(Cl)c1-c1ccccn1. The summed E-state index contributed by atoms with van der Waals surface area (Å²) in [6.45, 7) is 1.96. The van der Waals surface area contributed by atoms with Gasteiger partial charge in [-0.1, -0.05) is 35.9 Å². The largest absolute Gasteiger partial charge is 0.256 e. The second-order valence-corrected chi connectivity index (χ2v) is 4.50. The first kappa shape index (κ1) is 11.2. The van der Waals surface area contributed by atoms with Crippen LogP contribution in [0.5, 0.6) is 0 Å². The molecule has 1 aromatic carbocycles. The molecule has 0 radical (unpaired) electrons. The molecule has 2 nitrogen and oxygen atoms in total. The summed E-state index contributed by atoms with van der Waals surface area (Å²) in [5.74, 6) is 0. The first-order chi connectivity index (χ1) is 8.77. The minimum Gasteiger partial charge on any atom is -0.256 e. The molecule has 0 aliphatic heterocycles. The van der Waals surface area contributed by atoms with Crippen molar-refractivity contribution >= 4 is 22.5 Å². The molecule has 3 heteroatoms. The third-order valence-corrected chi connectivity index (χ3v) is 3.32. The number of fused-ring (bicyclic) bond motifs is 1. The molecule has 0 saturated heterocycles. The molecule has 0 spiro atoms. The number of halogens is 1. The zero-order valence-corrected chi connectivity index (χ0v) is 10.6. The molecule has 0 bridgehead atoms. The molecule has 0 unspecified atom stereocenters. The lowest BCUT2D eigenvalue weighted by Crippen LogP contribution is -1.93. The normalized spacial score (nSPS) is 10.8. The number of aryl methyl sites for hydroxylation is 1. The highest BCUT2D eigenvalue weighted by atomic mass is 35.5. The third-order valence-electron chi connectivity index (χ3n) is 2.93. The van der Waals surface area contributed by atoms with E-state index in [1.165, 1.54) is 0 Å². The second-order valence-electron chi connectivity index (χ2n) is 4.12. The highest BCUT2D eigenvalue weighted by molar-refractivity contribution is 6.38. The monoisotopic (exact) mass is 254 g/mol. The lowest BCUT2D eigenvalue weighted by molar-refractivity contribution is 1.23. The van der Waals surface area contributed by atoms with E-state index >= 15 is 0 Å². The molecule has 18 heavy (non-hydrogen) atoms. The van der Waals surface area contributed by atoms with Crippen molar-refractivity contribution in [3.8, 4) is 11.3 Å². The lowest BCUT2D eigenvalue weighted by atomic mass is 10.1. The van der Waals surface area contributed by atoms with Crippen molar-refractivity contribution < 1.29 is 0 Å². The minimum atomic E-state index is 0.719. The quantitative estimate of drug-likeness (QED) is 0.648. The van der Waals surface area contributed by atoms with Gasteiger partial charge in [-0.15, -0.1) is 0 Å². The fourth-order valence-corrected chi connectivity index (χ4v) is 2.49. The number of aromatic nitrogens is 2. The van der Waals surface area contributed by atoms with Gasteiger partial charge >= 0.3 is 0 Å². The molecule has 0 aliphatic rings. The molecular weight excluding hydrogens is 244 g/mol. The standard InChI is InChI=1S/C15H11ClN2/c1-10-14(13-8-4-5-9-17-13)15(16)11-6-2-3-7-12(11)18-10/h2-9H,1H3. The average Bonchev–Trinajstić information content (AvgIpc) is 2.40. The van der Waals surface area contributed by atoms with E-state index < -0.39 is 0 Å². The fourth-order valence-electron chi connectivity index (χ4n) is 2.10. The van der Waals surface area contributed by atoms with Crippen molar-refractivity contribution in [3.63, 3.8) is 0 Å². The van der Waals surface area contributed by atoms with Crippen LogP contribution in [0.2, 0.25) is 5.02 Å². The number of pyridine rings is 2. The Labute approximate surface area is 110 Å². The zero-order valence-electron chi connectivity index (χ0n) is 9.89. The number of rotatable bonds is 1. The summed E-state index contributed by atoms with van der Waals surface area (Å²) >= 11 is 6.50. The molecule has 88 valence electrons. The number of hydrogen-bond donors (Lipinski definition) is 0. The summed E-state index contributed by atoms with van der Waals surface area (Å²) in [6.07, 6.45) is 1.76. The molecule has 0 aliphatic carbocycles. The van der Waals surface area contributed by atoms with E-state index in [0.717, 1.165) is 32.9 Å². The Morgan fingerprint density at radius 2 is 1.78 bits per heavy atom. The predicted molar refractivity (Wildman–Crippen MR) is 74.7 cm³/mol. The van der Waals surface area contributed by atoms with Crippen molar-refractivity contribution in [1.29, 1.82) is 0 Å². The van der Waals surface area contributed by atoms with Gasteiger partial charge in [0, 0.05) is 22.8 Å². The number of nitrogens with zero attached hydrogens (tertiary/aromatic N) is 2. The third kappa shape index (κ3) is 1.75. The number of benzene rings is 1. The van der Waals surface area contributed by atoms with E-state index in [-0.39, 0.29) is 0 Å². The zero-order chi connectivity index (χ0) is 12.5. The van der Waals surface area contributed by atoms with Gasteiger partial charge in [-0.25, -0.2) is 0 Å². The Bertz CT molecular complexity index is 708. The van der Waals surface area contributed by atoms with E-state index in [1.54, 1.807) is 6.20 Å². The highest BCUT2D eigenvalue weighted by Gasteiger charge is 2.12. The van der Waals surface area contributed by atoms with Gasteiger partial charge in [0.05, 0.1) is 16.2 Å². The van der Waals surface area contributed by atoms with Crippen LogP contribution in [0, 0.1) is 6.92 Å². The van der Waals surface area contributed by atoms with Gasteiger partial charge < -0.3 is 0 Å². The molecule has 2 heterocycles. The van der Waals surface area contributed by atoms with Crippen LogP contribution in [0.4, 0.5) is 0 Å². The summed E-state index contributed by atoms with van der Waals surface area (Å²) in [5.41, 5.74) is 3.59. The van der Waals surface area contributed by atoms with Crippen molar-refractivity contribution in [2.24, 2.45) is 0 Å². The minimum absolute atomic E-state index is 0.719. The van der Waals surface area contributed by atoms with Crippen LogP contribution in [0.1, 0.15) is 5.69 Å². The first-order valence-corrected chi connectivity index (χ1v) is 6.11. The maximum atomic E-state index is 6.50. The van der Waals surface area contributed by atoms with E-state index in [0.29, 0.717) is 0 Å². The van der Waals surface area contributed by atoms with E-state index in [2.05, 4.69) is 9.97 Å². The van der Waals surface area contributed by atoms with Crippen LogP contribution in [0.3, 0.4) is 0 Å². The summed E-state index contributed by atoms with van der Waals surface area (Å²) in [6, 6.07) is 13.7. The van der Waals surface area contributed by atoms with Crippen LogP contribution in [0.15, 0.2) is 48.7 Å². The van der Waals surface area contributed by atoms with E-state index in [9.17, 15) is 0 Å². The van der Waals surface area contributed by atoms with Gasteiger partial charge in [0.25, 0.3) is 0 Å². The van der Waals surface area contributed by atoms with Gasteiger partial charge in [-0.2, -0.15) is 0 Å². The van der Waals surface area contributed by atoms with Crippen LogP contribution < -0.4 is 0 Å². The van der Waals surface area contributed by atoms with Gasteiger partial charge in [-0.3, -0.25) is 9.97 Å². The van der Waals surface area contributed by atoms with Gasteiger partial charge in [0.2, 0.25) is 0 Å². The maximum absolute atomic E-state index is 6.50. The Balaban J connectivity index is 2.37. The topological polar surface area (TPSA) is 25.8 Å². The Kier molecular flexibility index (Phi) is 2.73. The molecule has 3 rings (SSSR count). The van der Waals surface area contributed by atoms with Gasteiger partial charge in [0.15, 0.2) is 0 Å². The summed E-state index contributed by atoms with van der Waals surface area (Å²) in [7, 11) is 0. The van der Waals surface area contributed by atoms with Crippen LogP contribution >= 0.6 is 11.6 Å². The molecule has 0 amide bonds. The number of hydrogen-bond acceptors (Lipinski definition) is 2. The van der Waals surface area contributed by atoms with E-state index in [1.807, 2.05) is 49.4 Å². The molecular formula is C15H11ClN2. The van der Waals surface area contributed by atoms with Crippen molar-refractivity contribution in [2.75, 3.05) is 0 Å². The second kappa shape index (κ2) is 4.39. The molecule has 0 saturated carbocycles. The highest BCUT2D eigenvalue weighted by Crippen LogP contribution is 2.34.